The smallest absolute Gasteiger partial charge is 0.135 e. The zero-order chi connectivity index (χ0) is 36.3. The van der Waals surface area contributed by atoms with E-state index in [-0.39, 0.29) is 0 Å². The molecule has 0 amide bonds. The second-order valence-corrected chi connectivity index (χ2v) is 15.1. The van der Waals surface area contributed by atoms with E-state index in [2.05, 4.69) is 193 Å². The van der Waals surface area contributed by atoms with Gasteiger partial charge in [-0.25, -0.2) is 0 Å². The van der Waals surface area contributed by atoms with Gasteiger partial charge in [0.1, 0.15) is 11.2 Å². The molecule has 0 fully saturated rings. The van der Waals surface area contributed by atoms with Crippen LogP contribution in [0.15, 0.2) is 205 Å². The van der Waals surface area contributed by atoms with E-state index in [9.17, 15) is 0 Å². The lowest BCUT2D eigenvalue weighted by atomic mass is 10.00. The highest BCUT2D eigenvalue weighted by Crippen LogP contribution is 2.47. The fourth-order valence-corrected chi connectivity index (χ4v) is 9.50. The predicted octanol–water partition coefficient (Wildman–Crippen LogP) is 15.6. The monoisotopic (exact) mass is 719 g/mol. The zero-order valence-corrected chi connectivity index (χ0v) is 30.6. The largest absolute Gasteiger partial charge is 0.456 e. The van der Waals surface area contributed by atoms with Crippen LogP contribution in [-0.4, -0.2) is 0 Å². The van der Waals surface area contributed by atoms with Gasteiger partial charge < -0.3 is 9.32 Å². The maximum Gasteiger partial charge on any atom is 0.135 e. The molecule has 0 N–H and O–H groups in total. The molecule has 0 spiro atoms. The Morgan fingerprint density at radius 2 is 0.982 bits per heavy atom. The van der Waals surface area contributed by atoms with E-state index in [0.717, 1.165) is 50.1 Å². The summed E-state index contributed by atoms with van der Waals surface area (Å²) >= 11 is 1.88. The molecule has 11 aromatic rings. The maximum atomic E-state index is 6.18. The molecule has 3 heteroatoms. The van der Waals surface area contributed by atoms with E-state index in [0.29, 0.717) is 0 Å². The highest BCUT2D eigenvalue weighted by molar-refractivity contribution is 7.27. The van der Waals surface area contributed by atoms with Crippen molar-refractivity contribution in [2.45, 2.75) is 0 Å². The highest BCUT2D eigenvalue weighted by atomic mass is 32.1. The van der Waals surface area contributed by atoms with Crippen molar-refractivity contribution < 1.29 is 4.42 Å². The first-order valence-electron chi connectivity index (χ1n) is 18.7. The number of furan rings is 1. The van der Waals surface area contributed by atoms with E-state index in [4.69, 9.17) is 4.42 Å². The summed E-state index contributed by atoms with van der Waals surface area (Å²) < 4.78 is 8.74. The lowest BCUT2D eigenvalue weighted by Crippen LogP contribution is -2.10. The first kappa shape index (κ1) is 31.6. The average molecular weight is 720 g/mol. The van der Waals surface area contributed by atoms with Crippen LogP contribution in [0.4, 0.5) is 17.1 Å². The molecule has 0 atom stereocenters. The first-order valence-corrected chi connectivity index (χ1v) is 19.5. The van der Waals surface area contributed by atoms with Gasteiger partial charge in [-0.3, -0.25) is 0 Å². The van der Waals surface area contributed by atoms with E-state index in [1.165, 1.54) is 53.2 Å². The van der Waals surface area contributed by atoms with Crippen LogP contribution >= 0.6 is 11.3 Å². The SMILES string of the molecule is c1ccc(-c2cccc3c2sc2c(N(c4ccc(-c5ccc6ccccc6c5)cc4)c4cccc(-c5ccc6oc7ccccc7c6c5)c4)cccc23)cc1. The summed E-state index contributed by atoms with van der Waals surface area (Å²) in [6.07, 6.45) is 0. The third kappa shape index (κ3) is 5.40. The van der Waals surface area contributed by atoms with E-state index in [1.807, 2.05) is 23.5 Å². The zero-order valence-electron chi connectivity index (χ0n) is 29.8. The van der Waals surface area contributed by atoms with Crippen LogP contribution in [0.3, 0.4) is 0 Å². The minimum atomic E-state index is 0.903. The maximum absolute atomic E-state index is 6.18. The molecule has 2 nitrogen and oxygen atoms in total. The number of hydrogen-bond donors (Lipinski definition) is 0. The van der Waals surface area contributed by atoms with Crippen molar-refractivity contribution in [3.8, 4) is 33.4 Å². The molecule has 0 radical (unpaired) electrons. The van der Waals surface area contributed by atoms with Crippen molar-refractivity contribution in [1.82, 2.24) is 0 Å². The first-order chi connectivity index (χ1) is 27.2. The van der Waals surface area contributed by atoms with Crippen LogP contribution in [0.5, 0.6) is 0 Å². The fourth-order valence-electron chi connectivity index (χ4n) is 8.16. The second kappa shape index (κ2) is 12.9. The molecular formula is C52H33NOS. The van der Waals surface area contributed by atoms with Gasteiger partial charge in [0.05, 0.1) is 10.4 Å². The normalized spacial score (nSPS) is 11.6. The number of thiophene rings is 1. The van der Waals surface area contributed by atoms with Gasteiger partial charge in [0.2, 0.25) is 0 Å². The molecule has 0 saturated carbocycles. The number of rotatable bonds is 6. The molecular weight excluding hydrogens is 687 g/mol. The molecule has 2 aromatic heterocycles. The third-order valence-electron chi connectivity index (χ3n) is 10.9. The summed E-state index contributed by atoms with van der Waals surface area (Å²) in [4.78, 5) is 2.43. The number of hydrogen-bond acceptors (Lipinski definition) is 3. The van der Waals surface area contributed by atoms with Crippen LogP contribution in [0.25, 0.3) is 86.3 Å². The molecule has 55 heavy (non-hydrogen) atoms. The van der Waals surface area contributed by atoms with Gasteiger partial charge in [-0.05, 0) is 98.8 Å². The van der Waals surface area contributed by atoms with Crippen molar-refractivity contribution in [1.29, 1.82) is 0 Å². The highest BCUT2D eigenvalue weighted by Gasteiger charge is 2.20. The molecule has 0 aliphatic heterocycles. The lowest BCUT2D eigenvalue weighted by Gasteiger charge is -2.27. The van der Waals surface area contributed by atoms with Crippen molar-refractivity contribution >= 4 is 81.3 Å². The molecule has 0 aliphatic carbocycles. The number of benzene rings is 9. The molecule has 11 rings (SSSR count). The van der Waals surface area contributed by atoms with Gasteiger partial charge in [-0.15, -0.1) is 11.3 Å². The Hall–Kier alpha value is -6.94. The summed E-state index contributed by atoms with van der Waals surface area (Å²) in [6, 6.07) is 72.3. The second-order valence-electron chi connectivity index (χ2n) is 14.1. The number of anilines is 3. The van der Waals surface area contributed by atoms with Crippen molar-refractivity contribution in [2.75, 3.05) is 4.90 Å². The van der Waals surface area contributed by atoms with Crippen LogP contribution in [0, 0.1) is 0 Å². The Morgan fingerprint density at radius 1 is 0.345 bits per heavy atom. The Balaban J connectivity index is 1.09. The van der Waals surface area contributed by atoms with E-state index >= 15 is 0 Å². The number of fused-ring (bicyclic) bond motifs is 7. The Morgan fingerprint density at radius 3 is 1.87 bits per heavy atom. The number of nitrogens with zero attached hydrogens (tertiary/aromatic N) is 1. The van der Waals surface area contributed by atoms with Crippen LogP contribution < -0.4 is 4.90 Å². The molecule has 0 bridgehead atoms. The Labute approximate surface area is 322 Å². The minimum absolute atomic E-state index is 0.903. The van der Waals surface area contributed by atoms with Gasteiger partial charge in [0.25, 0.3) is 0 Å². The fraction of sp³-hybridized carbons (Fsp3) is 0. The number of para-hydroxylation sites is 1. The predicted molar refractivity (Wildman–Crippen MR) is 235 cm³/mol. The van der Waals surface area contributed by atoms with Crippen molar-refractivity contribution in [2.24, 2.45) is 0 Å². The summed E-state index contributed by atoms with van der Waals surface area (Å²) in [5.41, 5.74) is 12.4. The van der Waals surface area contributed by atoms with Gasteiger partial charge in [-0.1, -0.05) is 146 Å². The van der Waals surface area contributed by atoms with Crippen LogP contribution in [0.2, 0.25) is 0 Å². The van der Waals surface area contributed by atoms with Gasteiger partial charge in [0.15, 0.2) is 0 Å². The Bertz CT molecular complexity index is 3210. The third-order valence-corrected chi connectivity index (χ3v) is 12.1. The van der Waals surface area contributed by atoms with Crippen molar-refractivity contribution in [3.05, 3.63) is 200 Å². The van der Waals surface area contributed by atoms with E-state index < -0.39 is 0 Å². The molecule has 2 heterocycles. The molecule has 0 aliphatic rings. The van der Waals surface area contributed by atoms with Crippen LogP contribution in [0.1, 0.15) is 0 Å². The summed E-state index contributed by atoms with van der Waals surface area (Å²) in [5, 5.41) is 7.31. The lowest BCUT2D eigenvalue weighted by molar-refractivity contribution is 0.669. The van der Waals surface area contributed by atoms with Gasteiger partial charge >= 0.3 is 0 Å². The Kier molecular flexibility index (Phi) is 7.39. The van der Waals surface area contributed by atoms with Gasteiger partial charge in [-0.2, -0.15) is 0 Å². The molecule has 0 unspecified atom stereocenters. The molecule has 0 saturated heterocycles. The summed E-state index contributed by atoms with van der Waals surface area (Å²) in [7, 11) is 0. The average Bonchev–Trinajstić information content (AvgIpc) is 3.83. The summed E-state index contributed by atoms with van der Waals surface area (Å²) in [5.74, 6) is 0. The topological polar surface area (TPSA) is 16.4 Å². The minimum Gasteiger partial charge on any atom is -0.456 e. The summed E-state index contributed by atoms with van der Waals surface area (Å²) in [6.45, 7) is 0. The van der Waals surface area contributed by atoms with Crippen LogP contribution in [-0.2, 0) is 0 Å². The van der Waals surface area contributed by atoms with Crippen molar-refractivity contribution in [3.63, 3.8) is 0 Å². The standard InChI is InChI=1S/C52H33NOS/c1-2-12-36(13-3-1)43-18-9-19-45-46-20-10-21-48(52(46)55-51(43)45)53(41-28-25-35(26-29-41)39-24-23-34-11-4-5-14-37(34)31-39)42-16-8-15-38(32-42)40-27-30-50-47(33-40)44-17-6-7-22-49(44)54-50/h1-33H. The quantitative estimate of drug-likeness (QED) is 0.170. The molecule has 9 aromatic carbocycles. The van der Waals surface area contributed by atoms with Gasteiger partial charge in [0, 0.05) is 37.6 Å². The van der Waals surface area contributed by atoms with E-state index in [1.54, 1.807) is 0 Å². The molecule has 258 valence electrons.